The summed E-state index contributed by atoms with van der Waals surface area (Å²) in [5.41, 5.74) is 5.41. The fourth-order valence-electron chi connectivity index (χ4n) is 2.86. The molecule has 0 saturated carbocycles. The van der Waals surface area contributed by atoms with Crippen LogP contribution in [0, 0.1) is 5.92 Å². The number of aromatic nitrogens is 1. The van der Waals surface area contributed by atoms with E-state index in [0.29, 0.717) is 5.92 Å². The second-order valence-electron chi connectivity index (χ2n) is 6.96. The normalized spacial score (nSPS) is 15.2. The van der Waals surface area contributed by atoms with Gasteiger partial charge in [0.05, 0.1) is 31.0 Å². The van der Waals surface area contributed by atoms with Gasteiger partial charge >= 0.3 is 0 Å². The van der Waals surface area contributed by atoms with Gasteiger partial charge in [0.25, 0.3) is 0 Å². The van der Waals surface area contributed by atoms with E-state index in [1.54, 1.807) is 11.3 Å². The second-order valence-corrected chi connectivity index (χ2v) is 7.79. The van der Waals surface area contributed by atoms with Crippen molar-refractivity contribution in [2.45, 2.75) is 26.7 Å². The highest BCUT2D eigenvalue weighted by molar-refractivity contribution is 7.13. The first kappa shape index (κ1) is 19.5. The molecule has 0 spiro atoms. The highest BCUT2D eigenvalue weighted by Gasteiger charge is 2.16. The van der Waals surface area contributed by atoms with E-state index in [1.165, 1.54) is 0 Å². The molecule has 1 N–H and O–H groups in total. The number of carbonyl (C=O) groups is 1. The second kappa shape index (κ2) is 9.62. The highest BCUT2D eigenvalue weighted by Crippen LogP contribution is 2.21. The van der Waals surface area contributed by atoms with E-state index in [4.69, 9.17) is 4.74 Å². The first-order valence-electron chi connectivity index (χ1n) is 9.29. The summed E-state index contributed by atoms with van der Waals surface area (Å²) in [5.74, 6) is 0.307. The molecule has 1 saturated heterocycles. The molecular formula is C20H26N4O2S. The molecule has 0 atom stereocenters. The summed E-state index contributed by atoms with van der Waals surface area (Å²) >= 11 is 1.57. The zero-order chi connectivity index (χ0) is 19.1. The SMILES string of the molecule is CC(C)C/C(=N/NC(=O)Cc1csc(N2CCOCC2)n1)c1ccccc1. The van der Waals surface area contributed by atoms with Crippen LogP contribution in [0.25, 0.3) is 0 Å². The molecule has 1 aliphatic rings. The largest absolute Gasteiger partial charge is 0.378 e. The molecule has 3 rings (SSSR count). The van der Waals surface area contributed by atoms with Gasteiger partial charge in [-0.25, -0.2) is 10.4 Å². The third-order valence-electron chi connectivity index (χ3n) is 4.19. The predicted molar refractivity (Wildman–Crippen MR) is 109 cm³/mol. The van der Waals surface area contributed by atoms with Gasteiger partial charge in [0, 0.05) is 18.5 Å². The van der Waals surface area contributed by atoms with Gasteiger partial charge in [0.1, 0.15) is 0 Å². The zero-order valence-electron chi connectivity index (χ0n) is 15.9. The van der Waals surface area contributed by atoms with E-state index >= 15 is 0 Å². The summed E-state index contributed by atoms with van der Waals surface area (Å²) < 4.78 is 5.37. The number of hydrazone groups is 1. The molecule has 0 bridgehead atoms. The molecular weight excluding hydrogens is 360 g/mol. The number of carbonyl (C=O) groups excluding carboxylic acids is 1. The van der Waals surface area contributed by atoms with Crippen LogP contribution >= 0.6 is 11.3 Å². The number of benzene rings is 1. The van der Waals surface area contributed by atoms with E-state index < -0.39 is 0 Å². The summed E-state index contributed by atoms with van der Waals surface area (Å²) in [7, 11) is 0. The fourth-order valence-corrected chi connectivity index (χ4v) is 3.74. The van der Waals surface area contributed by atoms with Gasteiger partial charge in [-0.05, 0) is 17.9 Å². The number of amides is 1. The van der Waals surface area contributed by atoms with E-state index in [1.807, 2.05) is 35.7 Å². The lowest BCUT2D eigenvalue weighted by molar-refractivity contribution is -0.120. The summed E-state index contributed by atoms with van der Waals surface area (Å²) in [4.78, 5) is 19.1. The quantitative estimate of drug-likeness (QED) is 0.587. The smallest absolute Gasteiger partial charge is 0.246 e. The van der Waals surface area contributed by atoms with Crippen LogP contribution in [-0.2, 0) is 16.0 Å². The molecule has 1 aliphatic heterocycles. The van der Waals surface area contributed by atoms with Gasteiger partial charge < -0.3 is 9.64 Å². The molecule has 2 aromatic rings. The highest BCUT2D eigenvalue weighted by atomic mass is 32.1. The number of anilines is 1. The van der Waals surface area contributed by atoms with Crippen LogP contribution in [0.1, 0.15) is 31.5 Å². The van der Waals surface area contributed by atoms with Crippen molar-refractivity contribution in [3.8, 4) is 0 Å². The maximum Gasteiger partial charge on any atom is 0.246 e. The standard InChI is InChI=1S/C20H26N4O2S/c1-15(2)12-18(16-6-4-3-5-7-16)22-23-19(25)13-17-14-27-20(21-17)24-8-10-26-11-9-24/h3-7,14-15H,8-13H2,1-2H3,(H,23,25)/b22-18-. The van der Waals surface area contributed by atoms with Crippen molar-refractivity contribution < 1.29 is 9.53 Å². The molecule has 6 nitrogen and oxygen atoms in total. The molecule has 1 fully saturated rings. The van der Waals surface area contributed by atoms with Gasteiger partial charge in [0.2, 0.25) is 5.91 Å². The number of hydrogen-bond acceptors (Lipinski definition) is 6. The summed E-state index contributed by atoms with van der Waals surface area (Å²) in [6.07, 6.45) is 1.04. The lowest BCUT2D eigenvalue weighted by Gasteiger charge is -2.26. The Morgan fingerprint density at radius 2 is 2.04 bits per heavy atom. The van der Waals surface area contributed by atoms with Crippen LogP contribution in [0.4, 0.5) is 5.13 Å². The fraction of sp³-hybridized carbons (Fsp3) is 0.450. The molecule has 27 heavy (non-hydrogen) atoms. The van der Waals surface area contributed by atoms with E-state index in [-0.39, 0.29) is 12.3 Å². The van der Waals surface area contributed by atoms with Gasteiger partial charge in [0.15, 0.2) is 5.13 Å². The van der Waals surface area contributed by atoms with E-state index in [0.717, 1.165) is 54.8 Å². The number of ether oxygens (including phenoxy) is 1. The molecule has 0 unspecified atom stereocenters. The minimum absolute atomic E-state index is 0.147. The topological polar surface area (TPSA) is 66.8 Å². The third kappa shape index (κ3) is 5.87. The average molecular weight is 387 g/mol. The van der Waals surface area contributed by atoms with Gasteiger partial charge in [-0.2, -0.15) is 5.10 Å². The molecule has 1 amide bonds. The Morgan fingerprint density at radius 1 is 1.30 bits per heavy atom. The summed E-state index contributed by atoms with van der Waals surface area (Å²) in [6.45, 7) is 7.42. The lowest BCUT2D eigenvalue weighted by Crippen LogP contribution is -2.36. The Bertz CT molecular complexity index is 767. The van der Waals surface area contributed by atoms with Crippen molar-refractivity contribution >= 4 is 28.1 Å². The van der Waals surface area contributed by atoms with Crippen LogP contribution in [0.2, 0.25) is 0 Å². The van der Waals surface area contributed by atoms with Crippen LogP contribution in [0.3, 0.4) is 0 Å². The minimum atomic E-state index is -0.147. The molecule has 0 radical (unpaired) electrons. The monoisotopic (exact) mass is 386 g/mol. The summed E-state index contributed by atoms with van der Waals surface area (Å²) in [5, 5.41) is 7.29. The van der Waals surface area contributed by atoms with Crippen molar-refractivity contribution in [3.05, 3.63) is 47.0 Å². The zero-order valence-corrected chi connectivity index (χ0v) is 16.7. The Labute approximate surface area is 164 Å². The van der Waals surface area contributed by atoms with Gasteiger partial charge in [-0.1, -0.05) is 44.2 Å². The molecule has 0 aliphatic carbocycles. The lowest BCUT2D eigenvalue weighted by atomic mass is 10.0. The number of thiazole rings is 1. The molecule has 2 heterocycles. The first-order valence-corrected chi connectivity index (χ1v) is 10.2. The third-order valence-corrected chi connectivity index (χ3v) is 5.14. The maximum atomic E-state index is 12.3. The van der Waals surface area contributed by atoms with Crippen LogP contribution < -0.4 is 10.3 Å². The Hall–Kier alpha value is -2.25. The van der Waals surface area contributed by atoms with E-state index in [2.05, 4.69) is 34.3 Å². The number of nitrogens with one attached hydrogen (secondary N) is 1. The molecule has 1 aromatic heterocycles. The minimum Gasteiger partial charge on any atom is -0.378 e. The first-order chi connectivity index (χ1) is 13.1. The van der Waals surface area contributed by atoms with Gasteiger partial charge in [-0.15, -0.1) is 11.3 Å². The van der Waals surface area contributed by atoms with Crippen LogP contribution in [0.5, 0.6) is 0 Å². The number of hydrogen-bond donors (Lipinski definition) is 1. The number of morpholine rings is 1. The van der Waals surface area contributed by atoms with Gasteiger partial charge in [-0.3, -0.25) is 4.79 Å². The molecule has 1 aromatic carbocycles. The molecule has 7 heteroatoms. The number of rotatable bonds is 7. The Balaban J connectivity index is 1.60. The maximum absolute atomic E-state index is 12.3. The predicted octanol–water partition coefficient (Wildman–Crippen LogP) is 3.09. The van der Waals surface area contributed by atoms with Crippen molar-refractivity contribution in [2.24, 2.45) is 11.0 Å². The van der Waals surface area contributed by atoms with Crippen molar-refractivity contribution in [1.82, 2.24) is 10.4 Å². The van der Waals surface area contributed by atoms with E-state index in [9.17, 15) is 4.79 Å². The van der Waals surface area contributed by atoms with Crippen molar-refractivity contribution in [1.29, 1.82) is 0 Å². The van der Waals surface area contributed by atoms with Crippen molar-refractivity contribution in [2.75, 3.05) is 31.2 Å². The summed E-state index contributed by atoms with van der Waals surface area (Å²) in [6, 6.07) is 9.97. The average Bonchev–Trinajstić information content (AvgIpc) is 3.14. The Morgan fingerprint density at radius 3 is 2.74 bits per heavy atom. The van der Waals surface area contributed by atoms with Crippen molar-refractivity contribution in [3.63, 3.8) is 0 Å². The molecule has 144 valence electrons. The number of nitrogens with zero attached hydrogens (tertiary/aromatic N) is 3. The Kier molecular flexibility index (Phi) is 6.95. The van der Waals surface area contributed by atoms with Crippen LogP contribution in [0.15, 0.2) is 40.8 Å². The van der Waals surface area contributed by atoms with Crippen LogP contribution in [-0.4, -0.2) is 42.9 Å².